The summed E-state index contributed by atoms with van der Waals surface area (Å²) in [5.41, 5.74) is 1.42. The normalized spacial score (nSPS) is 20.9. The van der Waals surface area contributed by atoms with Crippen molar-refractivity contribution in [3.8, 4) is 17.2 Å². The van der Waals surface area contributed by atoms with Crippen molar-refractivity contribution >= 4 is 17.7 Å². The molecule has 2 aromatic carbocycles. The average Bonchev–Trinajstić information content (AvgIpc) is 3.74. The minimum atomic E-state index is -0.518. The van der Waals surface area contributed by atoms with Crippen LogP contribution in [0, 0.1) is 5.92 Å². The highest BCUT2D eigenvalue weighted by molar-refractivity contribution is 5.96. The maximum Gasteiger partial charge on any atom is 0.274 e. The maximum absolute atomic E-state index is 13.5. The van der Waals surface area contributed by atoms with E-state index in [0.29, 0.717) is 41.9 Å². The van der Waals surface area contributed by atoms with Gasteiger partial charge in [0, 0.05) is 37.1 Å². The molecule has 2 atom stereocenters. The molecule has 1 aliphatic carbocycles. The molecule has 1 aromatic heterocycles. The zero-order chi connectivity index (χ0) is 27.5. The number of nitrogens with zero attached hydrogens (tertiary/aromatic N) is 3. The second-order valence-electron chi connectivity index (χ2n) is 10.2. The maximum atomic E-state index is 13.5. The van der Waals surface area contributed by atoms with Gasteiger partial charge < -0.3 is 29.7 Å². The zero-order valence-corrected chi connectivity index (χ0v) is 21.7. The number of carbonyl (C=O) groups excluding carboxylic acids is 3. The van der Waals surface area contributed by atoms with Crippen LogP contribution >= 0.6 is 0 Å². The highest BCUT2D eigenvalue weighted by Crippen LogP contribution is 2.31. The van der Waals surface area contributed by atoms with E-state index in [0.717, 1.165) is 18.4 Å². The lowest BCUT2D eigenvalue weighted by Crippen LogP contribution is -2.45. The molecule has 0 radical (unpaired) electrons. The molecule has 40 heavy (non-hydrogen) atoms. The van der Waals surface area contributed by atoms with Gasteiger partial charge in [0.25, 0.3) is 17.7 Å². The van der Waals surface area contributed by atoms with E-state index >= 15 is 0 Å². The minimum Gasteiger partial charge on any atom is -0.493 e. The van der Waals surface area contributed by atoms with E-state index in [1.165, 1.54) is 18.6 Å². The third-order valence-electron chi connectivity index (χ3n) is 7.05. The van der Waals surface area contributed by atoms with E-state index in [1.54, 1.807) is 35.2 Å². The van der Waals surface area contributed by atoms with E-state index < -0.39 is 12.1 Å². The van der Waals surface area contributed by atoms with Gasteiger partial charge in [0.05, 0.1) is 25.4 Å². The Bertz CT molecular complexity index is 1400. The molecule has 1 saturated heterocycles. The van der Waals surface area contributed by atoms with Crippen molar-refractivity contribution in [2.75, 3.05) is 26.3 Å². The number of rotatable bonds is 4. The van der Waals surface area contributed by atoms with Crippen LogP contribution in [0.25, 0.3) is 0 Å². The lowest BCUT2D eigenvalue weighted by molar-refractivity contribution is -0.123. The Morgan fingerprint density at radius 1 is 1.05 bits per heavy atom. The first kappa shape index (κ1) is 25.6. The molecule has 0 unspecified atom stereocenters. The summed E-state index contributed by atoms with van der Waals surface area (Å²) in [6.07, 6.45) is 6.12. The monoisotopic (exact) mass is 543 g/mol. The molecule has 4 heterocycles. The third kappa shape index (κ3) is 6.14. The van der Waals surface area contributed by atoms with Crippen molar-refractivity contribution < 1.29 is 28.6 Å². The van der Waals surface area contributed by atoms with Crippen LogP contribution in [-0.4, -0.2) is 71.0 Å². The van der Waals surface area contributed by atoms with Crippen molar-refractivity contribution in [1.82, 2.24) is 25.5 Å². The van der Waals surface area contributed by atoms with Crippen LogP contribution in [0.4, 0.5) is 0 Å². The zero-order valence-electron chi connectivity index (χ0n) is 21.7. The Balaban J connectivity index is 1.29. The van der Waals surface area contributed by atoms with Gasteiger partial charge in [0.15, 0.2) is 6.61 Å². The Morgan fingerprint density at radius 2 is 1.90 bits per heavy atom. The van der Waals surface area contributed by atoms with Crippen LogP contribution in [-0.2, 0) is 11.3 Å². The number of hydrogen-bond acceptors (Lipinski definition) is 8. The second kappa shape index (κ2) is 11.2. The molecule has 4 bridgehead atoms. The fraction of sp³-hybridized carbons (Fsp3) is 0.345. The summed E-state index contributed by atoms with van der Waals surface area (Å²) < 4.78 is 17.9. The van der Waals surface area contributed by atoms with Crippen LogP contribution in [0.3, 0.4) is 0 Å². The van der Waals surface area contributed by atoms with Crippen LogP contribution in [0.2, 0.25) is 0 Å². The Kier molecular flexibility index (Phi) is 7.17. The molecule has 3 amide bonds. The molecule has 4 aliphatic rings. The predicted octanol–water partition coefficient (Wildman–Crippen LogP) is 1.98. The fourth-order valence-electron chi connectivity index (χ4n) is 4.65. The van der Waals surface area contributed by atoms with E-state index in [4.69, 9.17) is 14.2 Å². The molecule has 2 N–H and O–H groups in total. The SMILES string of the molecule is O=C1COc2cc(OCC3CC3)cc(c2)C(=O)N[C@H]2CN(C(=O)c3cnccn3)C[C@@H]2Oc2ccc(cc2)CN1. The van der Waals surface area contributed by atoms with Gasteiger partial charge in [-0.3, -0.25) is 19.4 Å². The van der Waals surface area contributed by atoms with E-state index in [1.807, 2.05) is 12.1 Å². The summed E-state index contributed by atoms with van der Waals surface area (Å²) in [5, 5.41) is 5.87. The lowest BCUT2D eigenvalue weighted by Gasteiger charge is -2.21. The standard InChI is InChI=1S/C29H29N5O6/c35-27-17-39-23-10-20(9-22(11-23)38-16-19-1-2-19)28(36)33-25-14-34(29(37)24-13-30-7-8-31-24)15-26(25)40-21-5-3-18(4-6-21)12-32-27/h3-11,13,19,25-26H,1-2,12,14-17H2,(H,32,35)(H,33,36)/t25-,26-/m0/s1. The second-order valence-corrected chi connectivity index (χ2v) is 10.2. The Hall–Kier alpha value is -4.67. The first-order chi connectivity index (χ1) is 19.5. The van der Waals surface area contributed by atoms with Gasteiger partial charge in [-0.15, -0.1) is 0 Å². The van der Waals surface area contributed by atoms with Gasteiger partial charge in [-0.05, 0) is 48.6 Å². The smallest absolute Gasteiger partial charge is 0.274 e. The highest BCUT2D eigenvalue weighted by Gasteiger charge is 2.39. The minimum absolute atomic E-state index is 0.210. The Morgan fingerprint density at radius 3 is 2.67 bits per heavy atom. The fourth-order valence-corrected chi connectivity index (χ4v) is 4.65. The number of fused-ring (bicyclic) bond motifs is 7. The number of carbonyl (C=O) groups is 3. The van der Waals surface area contributed by atoms with Gasteiger partial charge in [0.1, 0.15) is 29.0 Å². The summed E-state index contributed by atoms with van der Waals surface area (Å²) >= 11 is 0. The summed E-state index contributed by atoms with van der Waals surface area (Å²) in [5.74, 6) is 0.977. The van der Waals surface area contributed by atoms with E-state index in [9.17, 15) is 14.4 Å². The number of benzene rings is 2. The molecule has 2 fully saturated rings. The van der Waals surface area contributed by atoms with Gasteiger partial charge in [-0.1, -0.05) is 12.1 Å². The topological polar surface area (TPSA) is 132 Å². The molecule has 7 rings (SSSR count). The van der Waals surface area contributed by atoms with Gasteiger partial charge in [0.2, 0.25) is 0 Å². The molecule has 3 aromatic rings. The predicted molar refractivity (Wildman–Crippen MR) is 142 cm³/mol. The molecule has 11 nitrogen and oxygen atoms in total. The lowest BCUT2D eigenvalue weighted by atomic mass is 10.1. The summed E-state index contributed by atoms with van der Waals surface area (Å²) in [6.45, 7) is 1.14. The number of ether oxygens (including phenoxy) is 3. The van der Waals surface area contributed by atoms with Crippen LogP contribution in [0.1, 0.15) is 39.3 Å². The van der Waals surface area contributed by atoms with Crippen LogP contribution in [0.15, 0.2) is 61.1 Å². The summed E-state index contributed by atoms with van der Waals surface area (Å²) in [7, 11) is 0. The highest BCUT2D eigenvalue weighted by atomic mass is 16.5. The summed E-state index contributed by atoms with van der Waals surface area (Å²) in [6, 6.07) is 11.7. The van der Waals surface area contributed by atoms with Crippen molar-refractivity contribution in [2.24, 2.45) is 5.92 Å². The van der Waals surface area contributed by atoms with Crippen molar-refractivity contribution in [3.63, 3.8) is 0 Å². The first-order valence-corrected chi connectivity index (χ1v) is 13.3. The molecular formula is C29H29N5O6. The molecule has 11 heteroatoms. The van der Waals surface area contributed by atoms with Crippen LogP contribution < -0.4 is 24.8 Å². The number of hydrogen-bond donors (Lipinski definition) is 2. The Labute approximate surface area is 230 Å². The number of amides is 3. The largest absolute Gasteiger partial charge is 0.493 e. The van der Waals surface area contributed by atoms with Gasteiger partial charge in [-0.25, -0.2) is 4.98 Å². The molecule has 3 aliphatic heterocycles. The molecule has 0 spiro atoms. The number of aromatic nitrogens is 2. The number of nitrogens with one attached hydrogen (secondary N) is 2. The van der Waals surface area contributed by atoms with Crippen molar-refractivity contribution in [3.05, 3.63) is 77.9 Å². The molecule has 1 saturated carbocycles. The summed E-state index contributed by atoms with van der Waals surface area (Å²) in [4.78, 5) is 48.8. The quantitative estimate of drug-likeness (QED) is 0.511. The van der Waals surface area contributed by atoms with E-state index in [-0.39, 0.29) is 43.1 Å². The molecular weight excluding hydrogens is 514 g/mol. The molecule has 206 valence electrons. The third-order valence-corrected chi connectivity index (χ3v) is 7.05. The first-order valence-electron chi connectivity index (χ1n) is 13.3. The van der Waals surface area contributed by atoms with Crippen molar-refractivity contribution in [1.29, 1.82) is 0 Å². The van der Waals surface area contributed by atoms with Gasteiger partial charge in [-0.2, -0.15) is 0 Å². The average molecular weight is 544 g/mol. The van der Waals surface area contributed by atoms with Gasteiger partial charge >= 0.3 is 0 Å². The van der Waals surface area contributed by atoms with Crippen molar-refractivity contribution in [2.45, 2.75) is 31.5 Å². The van der Waals surface area contributed by atoms with Crippen LogP contribution in [0.5, 0.6) is 17.2 Å². The van der Waals surface area contributed by atoms with E-state index in [2.05, 4.69) is 20.6 Å². The number of likely N-dealkylation sites (tertiary alicyclic amines) is 1.